The lowest BCUT2D eigenvalue weighted by Crippen LogP contribution is -2.28. The van der Waals surface area contributed by atoms with Gasteiger partial charge in [0, 0.05) is 43.3 Å². The van der Waals surface area contributed by atoms with Crippen LogP contribution in [0.1, 0.15) is 22.3 Å². The van der Waals surface area contributed by atoms with E-state index in [0.29, 0.717) is 0 Å². The van der Waals surface area contributed by atoms with E-state index in [-0.39, 0.29) is 0 Å². The average molecular weight is 807 g/mol. The number of hydrogen-bond donors (Lipinski definition) is 0. The Morgan fingerprint density at radius 1 is 0.387 bits per heavy atom. The van der Waals surface area contributed by atoms with Crippen LogP contribution in [0, 0.1) is 0 Å². The molecular weight excluding hydrogens is 769 g/mol. The van der Waals surface area contributed by atoms with Crippen molar-refractivity contribution in [2.24, 2.45) is 0 Å². The van der Waals surface area contributed by atoms with E-state index in [0.717, 1.165) is 17.1 Å². The van der Waals surface area contributed by atoms with E-state index in [9.17, 15) is 0 Å². The maximum Gasteiger partial charge on any atom is 0.0714 e. The van der Waals surface area contributed by atoms with Crippen molar-refractivity contribution in [3.63, 3.8) is 0 Å². The van der Waals surface area contributed by atoms with Crippen molar-refractivity contribution in [2.45, 2.75) is 5.41 Å². The molecule has 1 aliphatic carbocycles. The Morgan fingerprint density at radius 2 is 0.968 bits per heavy atom. The molecular formula is C59H38N2S. The van der Waals surface area contributed by atoms with Gasteiger partial charge in [-0.3, -0.25) is 0 Å². The first-order valence-corrected chi connectivity index (χ1v) is 22.2. The van der Waals surface area contributed by atoms with Crippen molar-refractivity contribution in [3.05, 3.63) is 253 Å². The summed E-state index contributed by atoms with van der Waals surface area (Å²) in [7, 11) is 0. The molecule has 0 aliphatic heterocycles. The lowest BCUT2D eigenvalue weighted by molar-refractivity contribution is 0.769. The third-order valence-corrected chi connectivity index (χ3v) is 14.4. The fraction of sp³-hybridized carbons (Fsp3) is 0.0169. The topological polar surface area (TPSA) is 8.17 Å². The molecule has 290 valence electrons. The van der Waals surface area contributed by atoms with Gasteiger partial charge in [0.2, 0.25) is 0 Å². The molecule has 0 radical (unpaired) electrons. The Kier molecular flexibility index (Phi) is 7.72. The number of nitrogens with zero attached hydrogens (tertiary/aromatic N) is 2. The van der Waals surface area contributed by atoms with E-state index in [1.807, 2.05) is 11.3 Å². The molecule has 2 aromatic heterocycles. The fourth-order valence-electron chi connectivity index (χ4n) is 10.6. The van der Waals surface area contributed by atoms with Gasteiger partial charge in [0.05, 0.1) is 26.8 Å². The third kappa shape index (κ3) is 5.03. The highest BCUT2D eigenvalue weighted by atomic mass is 32.1. The number of anilines is 3. The average Bonchev–Trinajstić information content (AvgIpc) is 3.98. The van der Waals surface area contributed by atoms with Crippen LogP contribution in [0.3, 0.4) is 0 Å². The van der Waals surface area contributed by atoms with Gasteiger partial charge in [-0.05, 0) is 117 Å². The first kappa shape index (κ1) is 35.1. The Labute approximate surface area is 363 Å². The first-order chi connectivity index (χ1) is 30.8. The summed E-state index contributed by atoms with van der Waals surface area (Å²) in [5.41, 5.74) is 14.0. The van der Waals surface area contributed by atoms with E-state index in [1.54, 1.807) is 0 Å². The number of aromatic nitrogens is 1. The van der Waals surface area contributed by atoms with Crippen molar-refractivity contribution >= 4 is 81.1 Å². The van der Waals surface area contributed by atoms with Gasteiger partial charge >= 0.3 is 0 Å². The van der Waals surface area contributed by atoms with Crippen LogP contribution in [0.25, 0.3) is 69.6 Å². The molecule has 1 aliphatic rings. The summed E-state index contributed by atoms with van der Waals surface area (Å²) in [4.78, 5) is 2.52. The molecule has 0 saturated carbocycles. The zero-order valence-corrected chi connectivity index (χ0v) is 34.6. The molecule has 0 bridgehead atoms. The molecule has 0 N–H and O–H groups in total. The zero-order chi connectivity index (χ0) is 40.8. The van der Waals surface area contributed by atoms with Crippen molar-refractivity contribution in [1.82, 2.24) is 4.57 Å². The van der Waals surface area contributed by atoms with Crippen molar-refractivity contribution < 1.29 is 0 Å². The number of hydrogen-bond acceptors (Lipinski definition) is 2. The second-order valence-corrected chi connectivity index (χ2v) is 17.5. The van der Waals surface area contributed by atoms with Crippen LogP contribution >= 0.6 is 11.3 Å². The molecule has 0 spiro atoms. The van der Waals surface area contributed by atoms with Gasteiger partial charge in [-0.15, -0.1) is 11.3 Å². The summed E-state index contributed by atoms with van der Waals surface area (Å²) in [5, 5.41) is 7.52. The Balaban J connectivity index is 1.12. The van der Waals surface area contributed by atoms with Gasteiger partial charge in [-0.2, -0.15) is 0 Å². The predicted molar refractivity (Wildman–Crippen MR) is 263 cm³/mol. The third-order valence-electron chi connectivity index (χ3n) is 13.2. The van der Waals surface area contributed by atoms with E-state index in [1.165, 1.54) is 91.8 Å². The van der Waals surface area contributed by atoms with Gasteiger partial charge in [-0.25, -0.2) is 0 Å². The molecule has 0 amide bonds. The Bertz CT molecular complexity index is 3660. The summed E-state index contributed by atoms with van der Waals surface area (Å²) >= 11 is 1.88. The SMILES string of the molecule is c1ccc(-n2c3ccccc3c3cc(N(c4ccc5c(c4)C(c4ccccc4)(c4ccccc4)c4cc6ccccc6cc4-5)c4cccc5c4sc4ccccc45)ccc32)cc1. The predicted octanol–water partition coefficient (Wildman–Crippen LogP) is 16.1. The summed E-state index contributed by atoms with van der Waals surface area (Å²) < 4.78 is 4.96. The molecule has 13 rings (SSSR count). The van der Waals surface area contributed by atoms with Crippen LogP contribution in [0.5, 0.6) is 0 Å². The first-order valence-electron chi connectivity index (χ1n) is 21.3. The minimum atomic E-state index is -0.560. The number of thiophene rings is 1. The highest BCUT2D eigenvalue weighted by Gasteiger charge is 2.46. The molecule has 2 nitrogen and oxygen atoms in total. The molecule has 12 aromatic rings. The second kappa shape index (κ2) is 13.7. The van der Waals surface area contributed by atoms with E-state index in [4.69, 9.17) is 0 Å². The lowest BCUT2D eigenvalue weighted by atomic mass is 9.67. The molecule has 62 heavy (non-hydrogen) atoms. The summed E-state index contributed by atoms with van der Waals surface area (Å²) in [6, 6.07) is 85.5. The van der Waals surface area contributed by atoms with Gasteiger partial charge in [-0.1, -0.05) is 158 Å². The Morgan fingerprint density at radius 3 is 1.74 bits per heavy atom. The smallest absolute Gasteiger partial charge is 0.0714 e. The minimum absolute atomic E-state index is 0.560. The van der Waals surface area contributed by atoms with Crippen LogP contribution in [0.2, 0.25) is 0 Å². The monoisotopic (exact) mass is 806 g/mol. The van der Waals surface area contributed by atoms with Crippen LogP contribution < -0.4 is 4.90 Å². The van der Waals surface area contributed by atoms with Crippen molar-refractivity contribution in [2.75, 3.05) is 4.90 Å². The molecule has 0 unspecified atom stereocenters. The number of rotatable bonds is 6. The van der Waals surface area contributed by atoms with E-state index < -0.39 is 5.41 Å². The van der Waals surface area contributed by atoms with Gasteiger partial charge in [0.15, 0.2) is 0 Å². The molecule has 0 saturated heterocycles. The quantitative estimate of drug-likeness (QED) is 0.162. The standard InChI is InChI=1S/C59H38N2S/c1-4-19-41(20-5-1)59(42-21-6-2-7-22-42)52-36-40-18-11-10-17-39(40)35-50(52)46-33-31-45(38-53(46)59)60(56-29-16-27-49-48-26-13-15-30-57(48)62-58(49)56)44-32-34-55-51(37-44)47-25-12-14-28-54(47)61(55)43-23-8-3-9-24-43/h1-38H. The van der Waals surface area contributed by atoms with E-state index in [2.05, 4.69) is 240 Å². The summed E-state index contributed by atoms with van der Waals surface area (Å²) in [5.74, 6) is 0. The normalized spacial score (nSPS) is 13.0. The minimum Gasteiger partial charge on any atom is -0.309 e. The number of fused-ring (bicyclic) bond motifs is 10. The van der Waals surface area contributed by atoms with Crippen LogP contribution in [-0.4, -0.2) is 4.57 Å². The van der Waals surface area contributed by atoms with Gasteiger partial charge in [0.1, 0.15) is 0 Å². The zero-order valence-electron chi connectivity index (χ0n) is 33.7. The summed E-state index contributed by atoms with van der Waals surface area (Å²) in [6.45, 7) is 0. The van der Waals surface area contributed by atoms with Crippen LogP contribution in [0.15, 0.2) is 231 Å². The van der Waals surface area contributed by atoms with Gasteiger partial charge < -0.3 is 9.47 Å². The lowest BCUT2D eigenvalue weighted by Gasteiger charge is -2.35. The molecule has 2 heterocycles. The highest BCUT2D eigenvalue weighted by molar-refractivity contribution is 7.26. The Hall–Kier alpha value is -7.72. The second-order valence-electron chi connectivity index (χ2n) is 16.4. The number of benzene rings is 10. The molecule has 0 atom stereocenters. The molecule has 3 heteroatoms. The molecule has 0 fully saturated rings. The van der Waals surface area contributed by atoms with Gasteiger partial charge in [0.25, 0.3) is 0 Å². The van der Waals surface area contributed by atoms with Crippen LogP contribution in [-0.2, 0) is 5.41 Å². The highest BCUT2D eigenvalue weighted by Crippen LogP contribution is 2.58. The maximum absolute atomic E-state index is 2.52. The van der Waals surface area contributed by atoms with Crippen molar-refractivity contribution in [1.29, 1.82) is 0 Å². The van der Waals surface area contributed by atoms with Crippen LogP contribution in [0.4, 0.5) is 17.1 Å². The largest absolute Gasteiger partial charge is 0.309 e. The fourth-order valence-corrected chi connectivity index (χ4v) is 11.8. The maximum atomic E-state index is 2.52. The molecule has 10 aromatic carbocycles. The van der Waals surface area contributed by atoms with E-state index >= 15 is 0 Å². The van der Waals surface area contributed by atoms with Crippen molar-refractivity contribution in [3.8, 4) is 16.8 Å². The number of para-hydroxylation sites is 2. The summed E-state index contributed by atoms with van der Waals surface area (Å²) in [6.07, 6.45) is 0.